The molecule has 5 rings (SSSR count). The third kappa shape index (κ3) is 3.52. The summed E-state index contributed by atoms with van der Waals surface area (Å²) in [4.78, 5) is 16.1. The van der Waals surface area contributed by atoms with Crippen LogP contribution in [0.3, 0.4) is 0 Å². The van der Waals surface area contributed by atoms with Gasteiger partial charge in [-0.25, -0.2) is 19.0 Å². The van der Waals surface area contributed by atoms with E-state index in [-0.39, 0.29) is 11.6 Å². The van der Waals surface area contributed by atoms with Gasteiger partial charge in [-0.05, 0) is 31.0 Å². The van der Waals surface area contributed by atoms with Crippen LogP contribution in [0, 0.1) is 17.1 Å². The molecule has 1 fully saturated rings. The van der Waals surface area contributed by atoms with Gasteiger partial charge in [-0.15, -0.1) is 5.10 Å². The molecule has 3 aromatic heterocycles. The third-order valence-corrected chi connectivity index (χ3v) is 5.70. The molecule has 4 aromatic rings. The van der Waals surface area contributed by atoms with E-state index in [1.54, 1.807) is 30.2 Å². The SMILES string of the molecule is Cn1nnc2cc(-c3ncc(N4CCC(N)CC4)nc3-c3ccc(C#N)c(F)c3)cnc21. The summed E-state index contributed by atoms with van der Waals surface area (Å²) in [5.41, 5.74) is 9.56. The standard InChI is InChI=1S/C22H20FN9/c1-31-22-18(29-30-31)9-15(11-27-22)20-21(13-2-3-14(10-24)17(23)8-13)28-19(12-26-20)32-6-4-16(25)5-7-32/h2-3,8-9,11-12,16H,4-7,25H2,1H3. The quantitative estimate of drug-likeness (QED) is 0.527. The van der Waals surface area contributed by atoms with Gasteiger partial charge in [-0.2, -0.15) is 5.26 Å². The smallest absolute Gasteiger partial charge is 0.178 e. The highest BCUT2D eigenvalue weighted by Gasteiger charge is 2.21. The fourth-order valence-electron chi connectivity index (χ4n) is 3.88. The van der Waals surface area contributed by atoms with Crippen LogP contribution in [0.15, 0.2) is 36.7 Å². The van der Waals surface area contributed by atoms with Crippen molar-refractivity contribution in [2.24, 2.45) is 12.8 Å². The Kier molecular flexibility index (Phi) is 4.95. The number of benzene rings is 1. The molecule has 0 saturated carbocycles. The Balaban J connectivity index is 1.65. The Morgan fingerprint density at radius 1 is 1.09 bits per heavy atom. The van der Waals surface area contributed by atoms with E-state index in [4.69, 9.17) is 16.0 Å². The van der Waals surface area contributed by atoms with E-state index in [0.717, 1.165) is 25.9 Å². The molecule has 1 aromatic carbocycles. The van der Waals surface area contributed by atoms with Gasteiger partial charge in [0.1, 0.15) is 23.2 Å². The molecule has 0 atom stereocenters. The maximum absolute atomic E-state index is 14.5. The number of fused-ring (bicyclic) bond motifs is 1. The van der Waals surface area contributed by atoms with Crippen molar-refractivity contribution < 1.29 is 4.39 Å². The van der Waals surface area contributed by atoms with Crippen molar-refractivity contribution in [3.05, 3.63) is 48.0 Å². The highest BCUT2D eigenvalue weighted by Crippen LogP contribution is 2.32. The first-order valence-electron chi connectivity index (χ1n) is 10.3. The molecule has 1 aliphatic heterocycles. The lowest BCUT2D eigenvalue weighted by atomic mass is 10.0. The molecule has 0 unspecified atom stereocenters. The van der Waals surface area contributed by atoms with Gasteiger partial charge in [-0.3, -0.25) is 4.98 Å². The van der Waals surface area contributed by atoms with E-state index in [9.17, 15) is 4.39 Å². The van der Waals surface area contributed by atoms with Gasteiger partial charge in [0.15, 0.2) is 5.65 Å². The molecule has 4 heterocycles. The second-order valence-corrected chi connectivity index (χ2v) is 7.84. The molecular formula is C22H20FN9. The lowest BCUT2D eigenvalue weighted by Crippen LogP contribution is -2.40. The zero-order valence-corrected chi connectivity index (χ0v) is 17.4. The Morgan fingerprint density at radius 3 is 2.66 bits per heavy atom. The van der Waals surface area contributed by atoms with Crippen LogP contribution in [0.1, 0.15) is 18.4 Å². The minimum atomic E-state index is -0.602. The van der Waals surface area contributed by atoms with Crippen molar-refractivity contribution >= 4 is 17.0 Å². The molecule has 0 amide bonds. The summed E-state index contributed by atoms with van der Waals surface area (Å²) in [7, 11) is 1.77. The summed E-state index contributed by atoms with van der Waals surface area (Å²) in [6, 6.07) is 8.32. The fraction of sp³-hybridized carbons (Fsp3) is 0.273. The predicted octanol–water partition coefficient (Wildman–Crippen LogP) is 2.43. The van der Waals surface area contributed by atoms with Crippen LogP contribution in [0.5, 0.6) is 0 Å². The summed E-state index contributed by atoms with van der Waals surface area (Å²) in [6.45, 7) is 1.56. The van der Waals surface area contributed by atoms with Gasteiger partial charge in [-0.1, -0.05) is 11.3 Å². The number of aromatic nitrogens is 6. The number of aryl methyl sites for hydroxylation is 1. The third-order valence-electron chi connectivity index (χ3n) is 5.70. The number of piperidine rings is 1. The van der Waals surface area contributed by atoms with Gasteiger partial charge >= 0.3 is 0 Å². The second-order valence-electron chi connectivity index (χ2n) is 7.84. The lowest BCUT2D eigenvalue weighted by molar-refractivity contribution is 0.498. The first kappa shape index (κ1) is 20.0. The van der Waals surface area contributed by atoms with Gasteiger partial charge in [0.2, 0.25) is 0 Å². The first-order valence-corrected chi connectivity index (χ1v) is 10.3. The minimum absolute atomic E-state index is 0.0212. The molecule has 32 heavy (non-hydrogen) atoms. The number of nitriles is 1. The topological polar surface area (TPSA) is 122 Å². The van der Waals surface area contributed by atoms with E-state index in [1.807, 2.05) is 12.1 Å². The zero-order valence-electron chi connectivity index (χ0n) is 17.4. The van der Waals surface area contributed by atoms with Crippen LogP contribution in [-0.4, -0.2) is 49.1 Å². The van der Waals surface area contributed by atoms with Crippen molar-refractivity contribution in [3.63, 3.8) is 0 Å². The Bertz CT molecular complexity index is 1350. The van der Waals surface area contributed by atoms with Crippen LogP contribution < -0.4 is 10.6 Å². The molecule has 0 spiro atoms. The molecule has 2 N–H and O–H groups in total. The van der Waals surface area contributed by atoms with Crippen molar-refractivity contribution in [1.29, 1.82) is 5.26 Å². The summed E-state index contributed by atoms with van der Waals surface area (Å²) >= 11 is 0. The number of halogens is 1. The summed E-state index contributed by atoms with van der Waals surface area (Å²) in [5, 5.41) is 17.2. The van der Waals surface area contributed by atoms with Crippen LogP contribution in [0.2, 0.25) is 0 Å². The van der Waals surface area contributed by atoms with Gasteiger partial charge in [0.05, 0.1) is 23.1 Å². The van der Waals surface area contributed by atoms with Crippen molar-refractivity contribution in [3.8, 4) is 28.6 Å². The van der Waals surface area contributed by atoms with Crippen molar-refractivity contribution in [1.82, 2.24) is 29.9 Å². The predicted molar refractivity (Wildman–Crippen MR) is 117 cm³/mol. The Labute approximate surface area is 183 Å². The maximum Gasteiger partial charge on any atom is 0.178 e. The molecule has 0 aliphatic carbocycles. The largest absolute Gasteiger partial charge is 0.355 e. The van der Waals surface area contributed by atoms with Crippen LogP contribution >= 0.6 is 0 Å². The molecule has 1 aliphatic rings. The number of pyridine rings is 1. The second kappa shape index (κ2) is 7.94. The highest BCUT2D eigenvalue weighted by atomic mass is 19.1. The first-order chi connectivity index (χ1) is 15.5. The van der Waals surface area contributed by atoms with Crippen molar-refractivity contribution in [2.75, 3.05) is 18.0 Å². The van der Waals surface area contributed by atoms with Gasteiger partial charge < -0.3 is 10.6 Å². The molecule has 9 nitrogen and oxygen atoms in total. The highest BCUT2D eigenvalue weighted by molar-refractivity contribution is 5.83. The minimum Gasteiger partial charge on any atom is -0.355 e. The number of rotatable bonds is 3. The van der Waals surface area contributed by atoms with Crippen LogP contribution in [0.25, 0.3) is 33.7 Å². The van der Waals surface area contributed by atoms with Crippen molar-refractivity contribution in [2.45, 2.75) is 18.9 Å². The van der Waals surface area contributed by atoms with E-state index >= 15 is 0 Å². The molecule has 160 valence electrons. The molecule has 1 saturated heterocycles. The summed E-state index contributed by atoms with van der Waals surface area (Å²) < 4.78 is 16.0. The average molecular weight is 429 g/mol. The monoisotopic (exact) mass is 429 g/mol. The van der Waals surface area contributed by atoms with E-state index < -0.39 is 5.82 Å². The van der Waals surface area contributed by atoms with Gasteiger partial charge in [0, 0.05) is 43.5 Å². The van der Waals surface area contributed by atoms with Crippen LogP contribution in [0.4, 0.5) is 10.2 Å². The normalized spacial score (nSPS) is 14.6. The molecule has 0 radical (unpaired) electrons. The number of hydrogen-bond acceptors (Lipinski definition) is 8. The van der Waals surface area contributed by atoms with E-state index in [2.05, 4.69) is 25.2 Å². The summed E-state index contributed by atoms with van der Waals surface area (Å²) in [5.74, 6) is 0.101. The molecule has 10 heteroatoms. The van der Waals surface area contributed by atoms with Gasteiger partial charge in [0.25, 0.3) is 0 Å². The fourth-order valence-corrected chi connectivity index (χ4v) is 3.88. The lowest BCUT2D eigenvalue weighted by Gasteiger charge is -2.31. The number of anilines is 1. The Hall–Kier alpha value is -3.97. The zero-order chi connectivity index (χ0) is 22.2. The summed E-state index contributed by atoms with van der Waals surface area (Å²) in [6.07, 6.45) is 5.14. The average Bonchev–Trinajstić information content (AvgIpc) is 3.19. The van der Waals surface area contributed by atoms with Crippen LogP contribution in [-0.2, 0) is 7.05 Å². The molecular weight excluding hydrogens is 409 g/mol. The van der Waals surface area contributed by atoms with E-state index in [0.29, 0.717) is 39.5 Å². The maximum atomic E-state index is 14.5. The number of hydrogen-bond donors (Lipinski definition) is 1. The number of nitrogens with zero attached hydrogens (tertiary/aromatic N) is 8. The van der Waals surface area contributed by atoms with E-state index in [1.165, 1.54) is 12.1 Å². The Morgan fingerprint density at radius 2 is 1.91 bits per heavy atom. The number of nitrogens with two attached hydrogens (primary N) is 1. The molecule has 0 bridgehead atoms.